The van der Waals surface area contributed by atoms with Gasteiger partial charge in [0.15, 0.2) is 3.70 Å². The number of aromatic nitrogens is 2. The van der Waals surface area contributed by atoms with Crippen LogP contribution in [0.15, 0.2) is 29.1 Å². The SMILES string of the molecule is CC(C)n1nc(I)c(=O)c2ccccc21. The van der Waals surface area contributed by atoms with E-state index in [-0.39, 0.29) is 11.5 Å². The molecule has 2 aromatic rings. The summed E-state index contributed by atoms with van der Waals surface area (Å²) in [6.45, 7) is 4.11. The Kier molecular flexibility index (Phi) is 2.77. The van der Waals surface area contributed by atoms with Crippen molar-refractivity contribution in [3.8, 4) is 0 Å². The van der Waals surface area contributed by atoms with E-state index in [1.807, 2.05) is 51.5 Å². The summed E-state index contributed by atoms with van der Waals surface area (Å²) in [5.41, 5.74) is 0.918. The number of halogens is 1. The first kappa shape index (κ1) is 10.6. The maximum absolute atomic E-state index is 11.8. The molecule has 0 saturated heterocycles. The fraction of sp³-hybridized carbons (Fsp3) is 0.273. The van der Waals surface area contributed by atoms with Crippen molar-refractivity contribution in [2.75, 3.05) is 0 Å². The molecule has 0 atom stereocenters. The van der Waals surface area contributed by atoms with Crippen molar-refractivity contribution in [1.82, 2.24) is 9.78 Å². The quantitative estimate of drug-likeness (QED) is 0.758. The zero-order valence-electron chi connectivity index (χ0n) is 8.57. The topological polar surface area (TPSA) is 34.9 Å². The van der Waals surface area contributed by atoms with Gasteiger partial charge < -0.3 is 0 Å². The highest BCUT2D eigenvalue weighted by molar-refractivity contribution is 14.1. The number of hydrogen-bond donors (Lipinski definition) is 0. The predicted octanol–water partition coefficient (Wildman–Crippen LogP) is 2.58. The first-order chi connectivity index (χ1) is 7.11. The number of hydrogen-bond acceptors (Lipinski definition) is 2. The van der Waals surface area contributed by atoms with E-state index in [4.69, 9.17) is 0 Å². The second-order valence-electron chi connectivity index (χ2n) is 3.68. The van der Waals surface area contributed by atoms with E-state index in [0.717, 1.165) is 10.9 Å². The molecule has 1 aromatic heterocycles. The van der Waals surface area contributed by atoms with Crippen molar-refractivity contribution in [2.45, 2.75) is 19.9 Å². The molecule has 0 radical (unpaired) electrons. The maximum atomic E-state index is 11.8. The van der Waals surface area contributed by atoms with Crippen LogP contribution in [0.4, 0.5) is 0 Å². The van der Waals surface area contributed by atoms with Crippen LogP contribution in [0, 0.1) is 3.70 Å². The fourth-order valence-electron chi connectivity index (χ4n) is 1.56. The smallest absolute Gasteiger partial charge is 0.221 e. The van der Waals surface area contributed by atoms with E-state index < -0.39 is 0 Å². The zero-order valence-corrected chi connectivity index (χ0v) is 10.7. The Bertz CT molecular complexity index is 560. The normalized spacial score (nSPS) is 11.2. The van der Waals surface area contributed by atoms with Crippen LogP contribution in [0.25, 0.3) is 10.9 Å². The Balaban J connectivity index is 2.95. The van der Waals surface area contributed by atoms with Gasteiger partial charge in [0, 0.05) is 6.04 Å². The van der Waals surface area contributed by atoms with Crippen LogP contribution >= 0.6 is 22.6 Å². The van der Waals surface area contributed by atoms with Crippen molar-refractivity contribution < 1.29 is 0 Å². The third kappa shape index (κ3) is 1.78. The fourth-order valence-corrected chi connectivity index (χ4v) is 2.09. The molecule has 4 heteroatoms. The molecule has 1 heterocycles. The molecule has 0 aliphatic carbocycles. The van der Waals surface area contributed by atoms with Gasteiger partial charge in [-0.1, -0.05) is 12.1 Å². The van der Waals surface area contributed by atoms with Gasteiger partial charge in [0.25, 0.3) is 0 Å². The van der Waals surface area contributed by atoms with E-state index in [2.05, 4.69) is 18.9 Å². The van der Waals surface area contributed by atoms with Crippen LogP contribution in [0.5, 0.6) is 0 Å². The van der Waals surface area contributed by atoms with Gasteiger partial charge in [-0.25, -0.2) is 0 Å². The highest BCUT2D eigenvalue weighted by atomic mass is 127. The van der Waals surface area contributed by atoms with Crippen molar-refractivity contribution >= 4 is 33.5 Å². The van der Waals surface area contributed by atoms with Crippen LogP contribution < -0.4 is 5.43 Å². The van der Waals surface area contributed by atoms with Gasteiger partial charge in [0.1, 0.15) is 0 Å². The number of nitrogens with zero attached hydrogens (tertiary/aromatic N) is 2. The predicted molar refractivity (Wildman–Crippen MR) is 69.1 cm³/mol. The molecular weight excluding hydrogens is 303 g/mol. The number of benzene rings is 1. The lowest BCUT2D eigenvalue weighted by molar-refractivity contribution is 0.536. The maximum Gasteiger partial charge on any atom is 0.221 e. The van der Waals surface area contributed by atoms with E-state index in [9.17, 15) is 4.79 Å². The molecule has 0 N–H and O–H groups in total. The third-order valence-corrected chi connectivity index (χ3v) is 2.97. The summed E-state index contributed by atoms with van der Waals surface area (Å²) in [4.78, 5) is 11.8. The largest absolute Gasteiger partial charge is 0.286 e. The molecule has 15 heavy (non-hydrogen) atoms. The summed E-state index contributed by atoms with van der Waals surface area (Å²) in [6.07, 6.45) is 0. The van der Waals surface area contributed by atoms with Crippen molar-refractivity contribution in [1.29, 1.82) is 0 Å². The summed E-state index contributed by atoms with van der Waals surface area (Å²) in [6, 6.07) is 7.84. The molecular formula is C11H11IN2O. The van der Waals surface area contributed by atoms with E-state index >= 15 is 0 Å². The summed E-state index contributed by atoms with van der Waals surface area (Å²) in [5, 5.41) is 5.03. The van der Waals surface area contributed by atoms with E-state index in [1.54, 1.807) is 0 Å². The molecule has 0 spiro atoms. The Labute approximate surface area is 101 Å². The molecule has 0 saturated carbocycles. The first-order valence-corrected chi connectivity index (χ1v) is 5.86. The Morgan fingerprint density at radius 3 is 2.67 bits per heavy atom. The van der Waals surface area contributed by atoms with Crippen molar-refractivity contribution in [3.63, 3.8) is 0 Å². The molecule has 0 unspecified atom stereocenters. The van der Waals surface area contributed by atoms with Crippen LogP contribution in [-0.2, 0) is 0 Å². The van der Waals surface area contributed by atoms with E-state index in [0.29, 0.717) is 3.70 Å². The monoisotopic (exact) mass is 314 g/mol. The molecule has 0 bridgehead atoms. The second-order valence-corrected chi connectivity index (χ2v) is 4.70. The van der Waals surface area contributed by atoms with Gasteiger partial charge in [-0.05, 0) is 48.6 Å². The molecule has 1 aromatic carbocycles. The Hall–Kier alpha value is -0.910. The first-order valence-electron chi connectivity index (χ1n) is 4.78. The lowest BCUT2D eigenvalue weighted by Gasteiger charge is -2.13. The number of fused-ring (bicyclic) bond motifs is 1. The summed E-state index contributed by atoms with van der Waals surface area (Å²) < 4.78 is 2.42. The van der Waals surface area contributed by atoms with Crippen LogP contribution in [0.1, 0.15) is 19.9 Å². The van der Waals surface area contributed by atoms with Crippen LogP contribution in [0.3, 0.4) is 0 Å². The summed E-state index contributed by atoms with van der Waals surface area (Å²) >= 11 is 1.99. The molecule has 78 valence electrons. The second kappa shape index (κ2) is 3.92. The van der Waals surface area contributed by atoms with Gasteiger partial charge in [0.05, 0.1) is 10.9 Å². The van der Waals surface area contributed by atoms with Crippen LogP contribution in [-0.4, -0.2) is 9.78 Å². The minimum absolute atomic E-state index is 0.0168. The number of para-hydroxylation sites is 1. The van der Waals surface area contributed by atoms with Crippen molar-refractivity contribution in [2.24, 2.45) is 0 Å². The summed E-state index contributed by atoms with van der Waals surface area (Å²) in [5.74, 6) is 0. The molecule has 3 nitrogen and oxygen atoms in total. The van der Waals surface area contributed by atoms with Gasteiger partial charge in [-0.15, -0.1) is 0 Å². The molecule has 0 aliphatic rings. The minimum Gasteiger partial charge on any atom is -0.286 e. The number of rotatable bonds is 1. The standard InChI is InChI=1S/C11H11IN2O/c1-7(2)14-9-6-4-3-5-8(9)10(15)11(12)13-14/h3-7H,1-2H3. The molecule has 0 fully saturated rings. The van der Waals surface area contributed by atoms with Gasteiger partial charge in [-0.2, -0.15) is 5.10 Å². The Morgan fingerprint density at radius 1 is 1.33 bits per heavy atom. The van der Waals surface area contributed by atoms with Gasteiger partial charge in [0.2, 0.25) is 5.43 Å². The molecule has 0 aliphatic heterocycles. The average molecular weight is 314 g/mol. The lowest BCUT2D eigenvalue weighted by atomic mass is 10.2. The van der Waals surface area contributed by atoms with Crippen LogP contribution in [0.2, 0.25) is 0 Å². The third-order valence-electron chi connectivity index (χ3n) is 2.27. The highest BCUT2D eigenvalue weighted by Gasteiger charge is 2.09. The highest BCUT2D eigenvalue weighted by Crippen LogP contribution is 2.14. The van der Waals surface area contributed by atoms with Gasteiger partial charge >= 0.3 is 0 Å². The zero-order chi connectivity index (χ0) is 11.0. The Morgan fingerprint density at radius 2 is 2.00 bits per heavy atom. The lowest BCUT2D eigenvalue weighted by Crippen LogP contribution is -2.18. The minimum atomic E-state index is 0.0168. The summed E-state index contributed by atoms with van der Waals surface area (Å²) in [7, 11) is 0. The molecule has 2 rings (SSSR count). The average Bonchev–Trinajstić information content (AvgIpc) is 2.23. The van der Waals surface area contributed by atoms with Crippen molar-refractivity contribution in [3.05, 3.63) is 38.2 Å². The van der Waals surface area contributed by atoms with E-state index in [1.165, 1.54) is 0 Å². The van der Waals surface area contributed by atoms with Gasteiger partial charge in [-0.3, -0.25) is 9.48 Å². The molecule has 0 amide bonds.